The van der Waals surface area contributed by atoms with Gasteiger partial charge in [0.05, 0.1) is 0 Å². The highest BCUT2D eigenvalue weighted by Gasteiger charge is 2.32. The molecule has 0 aliphatic heterocycles. The van der Waals surface area contributed by atoms with Crippen LogP contribution >= 0.6 is 0 Å². The number of aromatic amines is 1. The third-order valence-electron chi connectivity index (χ3n) is 3.94. The zero-order chi connectivity index (χ0) is 17.3. The van der Waals surface area contributed by atoms with Crippen LogP contribution in [0.15, 0.2) is 24.4 Å². The lowest BCUT2D eigenvalue weighted by atomic mass is 9.80. The highest BCUT2D eigenvalue weighted by atomic mass is 16.3. The average molecular weight is 317 g/mol. The summed E-state index contributed by atoms with van der Waals surface area (Å²) in [5.41, 5.74) is 7.21. The molecule has 2 rings (SSSR count). The minimum atomic E-state index is -0.503. The van der Waals surface area contributed by atoms with Gasteiger partial charge in [0.25, 0.3) is 0 Å². The van der Waals surface area contributed by atoms with E-state index in [4.69, 9.17) is 5.73 Å². The number of aromatic nitrogens is 1. The van der Waals surface area contributed by atoms with Crippen molar-refractivity contribution in [1.82, 2.24) is 10.3 Å². The third kappa shape index (κ3) is 4.48. The van der Waals surface area contributed by atoms with E-state index >= 15 is 0 Å². The standard InChI is InChI=1S/C18H27N3O2/c1-17(2,11-18(3,4)19)16(23)20-8-7-12-10-21-15-6-5-13(22)9-14(12)15/h5-6,9-10,21-22H,7-8,11,19H2,1-4H3,(H,20,23). The molecule has 0 spiro atoms. The number of hydrogen-bond acceptors (Lipinski definition) is 3. The van der Waals surface area contributed by atoms with Crippen LogP contribution in [0.3, 0.4) is 0 Å². The van der Waals surface area contributed by atoms with Gasteiger partial charge in [0.1, 0.15) is 5.75 Å². The number of carbonyl (C=O) groups is 1. The smallest absolute Gasteiger partial charge is 0.225 e. The number of phenols is 1. The van der Waals surface area contributed by atoms with Crippen LogP contribution in [0.4, 0.5) is 0 Å². The van der Waals surface area contributed by atoms with Gasteiger partial charge in [-0.3, -0.25) is 4.79 Å². The Kier molecular flexibility index (Phi) is 4.71. The molecule has 0 atom stereocenters. The molecule has 1 heterocycles. The first kappa shape index (κ1) is 17.3. The Morgan fingerprint density at radius 3 is 2.65 bits per heavy atom. The van der Waals surface area contributed by atoms with E-state index in [9.17, 15) is 9.90 Å². The predicted octanol–water partition coefficient (Wildman–Crippen LogP) is 2.69. The van der Waals surface area contributed by atoms with Crippen molar-refractivity contribution in [3.63, 3.8) is 0 Å². The topological polar surface area (TPSA) is 91.1 Å². The van der Waals surface area contributed by atoms with Crippen LogP contribution in [-0.4, -0.2) is 28.1 Å². The second-order valence-electron chi connectivity index (χ2n) is 7.60. The van der Waals surface area contributed by atoms with E-state index in [0.717, 1.165) is 16.5 Å². The molecular weight excluding hydrogens is 290 g/mol. The predicted molar refractivity (Wildman–Crippen MR) is 93.3 cm³/mol. The van der Waals surface area contributed by atoms with Crippen LogP contribution in [0.2, 0.25) is 0 Å². The Labute approximate surface area is 137 Å². The number of phenolic OH excluding ortho intramolecular Hbond substituents is 1. The summed E-state index contributed by atoms with van der Waals surface area (Å²) in [6.07, 6.45) is 3.24. The van der Waals surface area contributed by atoms with E-state index in [-0.39, 0.29) is 17.2 Å². The lowest BCUT2D eigenvalue weighted by Crippen LogP contribution is -2.45. The molecule has 0 unspecified atom stereocenters. The summed E-state index contributed by atoms with van der Waals surface area (Å²) in [5.74, 6) is 0.257. The molecule has 2 aromatic rings. The van der Waals surface area contributed by atoms with Gasteiger partial charge >= 0.3 is 0 Å². The summed E-state index contributed by atoms with van der Waals surface area (Å²) in [6.45, 7) is 8.25. The van der Waals surface area contributed by atoms with E-state index < -0.39 is 5.41 Å². The maximum atomic E-state index is 12.4. The number of amides is 1. The molecule has 23 heavy (non-hydrogen) atoms. The SMILES string of the molecule is CC(C)(N)CC(C)(C)C(=O)NCCc1c[nH]c2ccc(O)cc12. The van der Waals surface area contributed by atoms with Crippen molar-refractivity contribution in [2.24, 2.45) is 11.1 Å². The van der Waals surface area contributed by atoms with Crippen LogP contribution in [0, 0.1) is 5.41 Å². The molecule has 5 N–H and O–H groups in total. The van der Waals surface area contributed by atoms with Gasteiger partial charge in [0.15, 0.2) is 0 Å². The van der Waals surface area contributed by atoms with Crippen molar-refractivity contribution in [2.45, 2.75) is 46.1 Å². The first-order chi connectivity index (χ1) is 10.6. The van der Waals surface area contributed by atoms with E-state index in [1.54, 1.807) is 12.1 Å². The van der Waals surface area contributed by atoms with Gasteiger partial charge in [0.2, 0.25) is 5.91 Å². The van der Waals surface area contributed by atoms with Gasteiger partial charge in [0, 0.05) is 34.6 Å². The van der Waals surface area contributed by atoms with E-state index in [0.29, 0.717) is 19.4 Å². The van der Waals surface area contributed by atoms with Crippen LogP contribution < -0.4 is 11.1 Å². The summed E-state index contributed by atoms with van der Waals surface area (Å²) >= 11 is 0. The van der Waals surface area contributed by atoms with E-state index in [2.05, 4.69) is 10.3 Å². The quantitative estimate of drug-likeness (QED) is 0.660. The second-order valence-corrected chi connectivity index (χ2v) is 7.60. The number of carbonyl (C=O) groups excluding carboxylic acids is 1. The second kappa shape index (κ2) is 6.24. The molecule has 5 heteroatoms. The number of nitrogens with two attached hydrogens (primary N) is 1. The normalized spacial score (nSPS) is 12.6. The van der Waals surface area contributed by atoms with Crippen LogP contribution in [0.1, 0.15) is 39.7 Å². The van der Waals surface area contributed by atoms with Crippen molar-refractivity contribution in [1.29, 1.82) is 0 Å². The number of rotatable bonds is 6. The number of benzene rings is 1. The first-order valence-electron chi connectivity index (χ1n) is 7.95. The number of aromatic hydroxyl groups is 1. The molecule has 0 fully saturated rings. The fraction of sp³-hybridized carbons (Fsp3) is 0.500. The zero-order valence-corrected chi connectivity index (χ0v) is 14.4. The maximum absolute atomic E-state index is 12.4. The Morgan fingerprint density at radius 2 is 2.00 bits per heavy atom. The van der Waals surface area contributed by atoms with Crippen LogP contribution in [0.25, 0.3) is 10.9 Å². The fourth-order valence-electron chi connectivity index (χ4n) is 3.14. The Hall–Kier alpha value is -2.01. The molecule has 5 nitrogen and oxygen atoms in total. The lowest BCUT2D eigenvalue weighted by molar-refractivity contribution is -0.130. The number of hydrogen-bond donors (Lipinski definition) is 4. The molecule has 1 amide bonds. The fourth-order valence-corrected chi connectivity index (χ4v) is 3.14. The van der Waals surface area contributed by atoms with E-state index in [1.807, 2.05) is 40.0 Å². The molecule has 0 saturated carbocycles. The molecule has 126 valence electrons. The molecule has 0 aliphatic carbocycles. The third-order valence-corrected chi connectivity index (χ3v) is 3.94. The number of nitrogens with one attached hydrogen (secondary N) is 2. The Morgan fingerprint density at radius 1 is 1.30 bits per heavy atom. The van der Waals surface area contributed by atoms with Gasteiger partial charge in [-0.15, -0.1) is 0 Å². The van der Waals surface area contributed by atoms with Crippen molar-refractivity contribution < 1.29 is 9.90 Å². The summed E-state index contributed by atoms with van der Waals surface area (Å²) in [7, 11) is 0. The maximum Gasteiger partial charge on any atom is 0.225 e. The molecule has 1 aromatic heterocycles. The minimum absolute atomic E-state index is 0.0127. The minimum Gasteiger partial charge on any atom is -0.508 e. The largest absolute Gasteiger partial charge is 0.508 e. The summed E-state index contributed by atoms with van der Waals surface area (Å²) in [4.78, 5) is 15.5. The van der Waals surface area contributed by atoms with Crippen molar-refractivity contribution in [3.8, 4) is 5.75 Å². The summed E-state index contributed by atoms with van der Waals surface area (Å²) < 4.78 is 0. The molecule has 0 bridgehead atoms. The van der Waals surface area contributed by atoms with Crippen molar-refractivity contribution >= 4 is 16.8 Å². The highest BCUT2D eigenvalue weighted by Crippen LogP contribution is 2.27. The number of H-pyrrole nitrogens is 1. The van der Waals surface area contributed by atoms with Crippen molar-refractivity contribution in [2.75, 3.05) is 6.54 Å². The number of fused-ring (bicyclic) bond motifs is 1. The van der Waals surface area contributed by atoms with Gasteiger partial charge in [-0.25, -0.2) is 0 Å². The molecule has 0 radical (unpaired) electrons. The van der Waals surface area contributed by atoms with Crippen LogP contribution in [0.5, 0.6) is 5.75 Å². The van der Waals surface area contributed by atoms with Gasteiger partial charge in [-0.05, 0) is 50.5 Å². The molecule has 0 saturated heterocycles. The summed E-state index contributed by atoms with van der Waals surface area (Å²) in [5, 5.41) is 13.6. The average Bonchev–Trinajstić information content (AvgIpc) is 2.78. The van der Waals surface area contributed by atoms with Gasteiger partial charge < -0.3 is 21.1 Å². The Balaban J connectivity index is 1.96. The Bertz CT molecular complexity index is 696. The molecule has 0 aliphatic rings. The summed E-state index contributed by atoms with van der Waals surface area (Å²) in [6, 6.07) is 5.24. The van der Waals surface area contributed by atoms with Gasteiger partial charge in [-0.2, -0.15) is 0 Å². The molecular formula is C18H27N3O2. The van der Waals surface area contributed by atoms with Crippen molar-refractivity contribution in [3.05, 3.63) is 30.0 Å². The zero-order valence-electron chi connectivity index (χ0n) is 14.4. The van der Waals surface area contributed by atoms with E-state index in [1.165, 1.54) is 0 Å². The first-order valence-corrected chi connectivity index (χ1v) is 7.95. The highest BCUT2D eigenvalue weighted by molar-refractivity contribution is 5.85. The van der Waals surface area contributed by atoms with Crippen LogP contribution in [-0.2, 0) is 11.2 Å². The van der Waals surface area contributed by atoms with Gasteiger partial charge in [-0.1, -0.05) is 13.8 Å². The lowest BCUT2D eigenvalue weighted by Gasteiger charge is -2.31. The molecule has 1 aromatic carbocycles. The monoisotopic (exact) mass is 317 g/mol.